The average molecular weight is 263 g/mol. The normalized spacial score (nSPS) is 11.9. The van der Waals surface area contributed by atoms with Gasteiger partial charge < -0.3 is 10.4 Å². The van der Waals surface area contributed by atoms with Crippen LogP contribution in [0.25, 0.3) is 0 Å². The number of nitrogens with one attached hydrogen (secondary N) is 1. The highest BCUT2D eigenvalue weighted by Crippen LogP contribution is 2.06. The van der Waals surface area contributed by atoms with E-state index in [1.165, 1.54) is 11.1 Å². The Morgan fingerprint density at radius 1 is 1.21 bits per heavy atom. The fourth-order valence-electron chi connectivity index (χ4n) is 1.80. The fourth-order valence-corrected chi connectivity index (χ4v) is 1.80. The largest absolute Gasteiger partial charge is 0.481 e. The van der Waals surface area contributed by atoms with Gasteiger partial charge in [-0.25, -0.2) is 0 Å². The van der Waals surface area contributed by atoms with Gasteiger partial charge in [0.2, 0.25) is 5.91 Å². The van der Waals surface area contributed by atoms with E-state index in [9.17, 15) is 9.59 Å². The fraction of sp³-hybridized carbons (Fsp3) is 0.467. The van der Waals surface area contributed by atoms with Crippen molar-refractivity contribution in [1.82, 2.24) is 5.32 Å². The summed E-state index contributed by atoms with van der Waals surface area (Å²) in [6, 6.07) is 8.30. The lowest BCUT2D eigenvalue weighted by atomic mass is 10.1. The van der Waals surface area contributed by atoms with Crippen molar-refractivity contribution in [3.63, 3.8) is 0 Å². The molecule has 1 rings (SSSR count). The number of rotatable bonds is 7. The molecule has 1 aromatic rings. The number of hydrogen-bond donors (Lipinski definition) is 2. The van der Waals surface area contributed by atoms with Crippen LogP contribution in [0.3, 0.4) is 0 Å². The van der Waals surface area contributed by atoms with Crippen molar-refractivity contribution in [3.05, 3.63) is 35.4 Å². The Hall–Kier alpha value is -1.84. The molecule has 0 aliphatic rings. The lowest BCUT2D eigenvalue weighted by molar-refractivity contribution is -0.140. The van der Waals surface area contributed by atoms with E-state index in [1.54, 1.807) is 6.92 Å². The second-order valence-corrected chi connectivity index (χ2v) is 4.71. The molecule has 0 bridgehead atoms. The molecule has 1 aromatic carbocycles. The summed E-state index contributed by atoms with van der Waals surface area (Å²) in [5, 5.41) is 11.4. The maximum Gasteiger partial charge on any atom is 0.304 e. The summed E-state index contributed by atoms with van der Waals surface area (Å²) in [6.07, 6.45) is 1.65. The summed E-state index contributed by atoms with van der Waals surface area (Å²) in [5.41, 5.74) is 2.46. The summed E-state index contributed by atoms with van der Waals surface area (Å²) in [5.74, 6) is -1.63. The minimum absolute atomic E-state index is 0.128. The van der Waals surface area contributed by atoms with Gasteiger partial charge >= 0.3 is 5.97 Å². The van der Waals surface area contributed by atoms with Gasteiger partial charge in [-0.2, -0.15) is 0 Å². The highest BCUT2D eigenvalue weighted by atomic mass is 16.4. The highest BCUT2D eigenvalue weighted by molar-refractivity contribution is 5.82. The van der Waals surface area contributed by atoms with Crippen molar-refractivity contribution in [2.45, 2.75) is 33.1 Å². The molecule has 2 N–H and O–H groups in total. The number of carboxylic acids is 1. The van der Waals surface area contributed by atoms with Crippen LogP contribution in [-0.4, -0.2) is 23.5 Å². The Bertz CT molecular complexity index is 426. The van der Waals surface area contributed by atoms with Crippen LogP contribution in [0.2, 0.25) is 0 Å². The predicted molar refractivity (Wildman–Crippen MR) is 74.0 cm³/mol. The summed E-state index contributed by atoms with van der Waals surface area (Å²) in [4.78, 5) is 22.1. The van der Waals surface area contributed by atoms with E-state index in [2.05, 4.69) is 36.5 Å². The lowest BCUT2D eigenvalue weighted by Crippen LogP contribution is -2.32. The van der Waals surface area contributed by atoms with Crippen molar-refractivity contribution < 1.29 is 14.7 Å². The zero-order chi connectivity index (χ0) is 14.3. The first-order chi connectivity index (χ1) is 9.02. The first-order valence-electron chi connectivity index (χ1n) is 6.60. The quantitative estimate of drug-likeness (QED) is 0.791. The molecule has 19 heavy (non-hydrogen) atoms. The van der Waals surface area contributed by atoms with Crippen LogP contribution in [0.1, 0.15) is 31.4 Å². The number of benzene rings is 1. The van der Waals surface area contributed by atoms with Crippen LogP contribution in [-0.2, 0) is 22.4 Å². The van der Waals surface area contributed by atoms with Gasteiger partial charge in [0.05, 0.1) is 6.42 Å². The Labute approximate surface area is 113 Å². The zero-order valence-electron chi connectivity index (χ0n) is 11.5. The van der Waals surface area contributed by atoms with Crippen molar-refractivity contribution in [1.29, 1.82) is 0 Å². The van der Waals surface area contributed by atoms with E-state index in [4.69, 9.17) is 5.11 Å². The van der Waals surface area contributed by atoms with Gasteiger partial charge in [0, 0.05) is 12.5 Å². The first kappa shape index (κ1) is 15.2. The smallest absolute Gasteiger partial charge is 0.304 e. The van der Waals surface area contributed by atoms with E-state index in [-0.39, 0.29) is 12.3 Å². The topological polar surface area (TPSA) is 66.4 Å². The Morgan fingerprint density at radius 2 is 1.79 bits per heavy atom. The average Bonchev–Trinajstić information content (AvgIpc) is 2.38. The first-order valence-corrected chi connectivity index (χ1v) is 6.60. The summed E-state index contributed by atoms with van der Waals surface area (Å²) in [6.45, 7) is 4.27. The van der Waals surface area contributed by atoms with Crippen molar-refractivity contribution in [2.24, 2.45) is 5.92 Å². The number of hydrogen-bond acceptors (Lipinski definition) is 2. The molecular weight excluding hydrogens is 242 g/mol. The summed E-state index contributed by atoms with van der Waals surface area (Å²) in [7, 11) is 0. The van der Waals surface area contributed by atoms with E-state index in [0.717, 1.165) is 12.8 Å². The monoisotopic (exact) mass is 263 g/mol. The van der Waals surface area contributed by atoms with Crippen LogP contribution in [0, 0.1) is 5.92 Å². The maximum absolute atomic E-state index is 11.6. The predicted octanol–water partition coefficient (Wildman–Crippen LogP) is 2.02. The molecule has 0 saturated heterocycles. The third-order valence-corrected chi connectivity index (χ3v) is 3.07. The molecule has 0 aromatic heterocycles. The molecule has 1 amide bonds. The molecule has 4 heteroatoms. The molecule has 4 nitrogen and oxygen atoms in total. The van der Waals surface area contributed by atoms with Gasteiger partial charge in [-0.05, 0) is 24.0 Å². The Morgan fingerprint density at radius 3 is 2.32 bits per heavy atom. The van der Waals surface area contributed by atoms with E-state index in [1.807, 2.05) is 0 Å². The van der Waals surface area contributed by atoms with Crippen LogP contribution >= 0.6 is 0 Å². The molecule has 0 spiro atoms. The number of carboxylic acid groups (broad SMARTS) is 1. The molecule has 0 fully saturated rings. The molecule has 0 saturated carbocycles. The minimum atomic E-state index is -0.946. The highest BCUT2D eigenvalue weighted by Gasteiger charge is 2.15. The SMILES string of the molecule is CCc1ccc(CCNC(=O)C(C)CC(=O)O)cc1. The summed E-state index contributed by atoms with van der Waals surface area (Å²) >= 11 is 0. The summed E-state index contributed by atoms with van der Waals surface area (Å²) < 4.78 is 0. The van der Waals surface area contributed by atoms with Gasteiger partial charge in [-0.1, -0.05) is 38.1 Å². The number of aryl methyl sites for hydroxylation is 1. The lowest BCUT2D eigenvalue weighted by Gasteiger charge is -2.10. The number of aliphatic carboxylic acids is 1. The van der Waals surface area contributed by atoms with Gasteiger partial charge in [0.15, 0.2) is 0 Å². The molecule has 104 valence electrons. The number of carbonyl (C=O) groups excluding carboxylic acids is 1. The molecular formula is C15H21NO3. The van der Waals surface area contributed by atoms with Crippen molar-refractivity contribution in [3.8, 4) is 0 Å². The van der Waals surface area contributed by atoms with Gasteiger partial charge in [0.25, 0.3) is 0 Å². The molecule has 0 radical (unpaired) electrons. The van der Waals surface area contributed by atoms with Gasteiger partial charge in [0.1, 0.15) is 0 Å². The standard InChI is InChI=1S/C15H21NO3/c1-3-12-4-6-13(7-5-12)8-9-16-15(19)11(2)10-14(17)18/h4-7,11H,3,8-10H2,1-2H3,(H,16,19)(H,17,18). The third kappa shape index (κ3) is 5.55. The molecule has 1 unspecified atom stereocenters. The maximum atomic E-state index is 11.6. The van der Waals surface area contributed by atoms with Crippen molar-refractivity contribution >= 4 is 11.9 Å². The van der Waals surface area contributed by atoms with Crippen LogP contribution < -0.4 is 5.32 Å². The number of carbonyl (C=O) groups is 2. The van der Waals surface area contributed by atoms with Crippen molar-refractivity contribution in [2.75, 3.05) is 6.54 Å². The van der Waals surface area contributed by atoms with Crippen LogP contribution in [0.5, 0.6) is 0 Å². The van der Waals surface area contributed by atoms with E-state index >= 15 is 0 Å². The van der Waals surface area contributed by atoms with Gasteiger partial charge in [-0.15, -0.1) is 0 Å². The molecule has 0 heterocycles. The van der Waals surface area contributed by atoms with Gasteiger partial charge in [-0.3, -0.25) is 9.59 Å². The number of amides is 1. The third-order valence-electron chi connectivity index (χ3n) is 3.07. The molecule has 0 aliphatic carbocycles. The minimum Gasteiger partial charge on any atom is -0.481 e. The second kappa shape index (κ2) is 7.56. The molecule has 0 aliphatic heterocycles. The molecule has 1 atom stereocenters. The zero-order valence-corrected chi connectivity index (χ0v) is 11.5. The Kier molecular flexibility index (Phi) is 6.06. The van der Waals surface area contributed by atoms with E-state index in [0.29, 0.717) is 6.54 Å². The second-order valence-electron chi connectivity index (χ2n) is 4.71. The Balaban J connectivity index is 2.32. The van der Waals surface area contributed by atoms with E-state index < -0.39 is 11.9 Å². The van der Waals surface area contributed by atoms with Crippen LogP contribution in [0.4, 0.5) is 0 Å². The van der Waals surface area contributed by atoms with Crippen LogP contribution in [0.15, 0.2) is 24.3 Å².